The third kappa shape index (κ3) is 8.02. The fourth-order valence-corrected chi connectivity index (χ4v) is 2.33. The third-order valence-electron chi connectivity index (χ3n) is 3.33. The van der Waals surface area contributed by atoms with Gasteiger partial charge in [-0.3, -0.25) is 0 Å². The first kappa shape index (κ1) is 16.2. The molecule has 0 saturated heterocycles. The Labute approximate surface area is 118 Å². The summed E-state index contributed by atoms with van der Waals surface area (Å²) in [4.78, 5) is 0. The fraction of sp³-hybridized carbons (Fsp3) is 0.647. The lowest BCUT2D eigenvalue weighted by atomic mass is 9.95. The lowest BCUT2D eigenvalue weighted by molar-refractivity contribution is 0.139. The maximum atomic E-state index is 5.44. The largest absolute Gasteiger partial charge is 0.382 e. The second-order valence-corrected chi connectivity index (χ2v) is 5.10. The van der Waals surface area contributed by atoms with Gasteiger partial charge < -0.3 is 10.1 Å². The summed E-state index contributed by atoms with van der Waals surface area (Å²) in [6, 6.07) is 10.8. The molecule has 0 aliphatic heterocycles. The molecule has 108 valence electrons. The van der Waals surface area contributed by atoms with Gasteiger partial charge in [-0.15, -0.1) is 0 Å². The molecule has 1 aromatic rings. The van der Waals surface area contributed by atoms with Crippen molar-refractivity contribution in [3.8, 4) is 0 Å². The molecule has 0 bridgehead atoms. The second-order valence-electron chi connectivity index (χ2n) is 5.10. The predicted octanol–water partition coefficient (Wildman–Crippen LogP) is 3.66. The van der Waals surface area contributed by atoms with E-state index >= 15 is 0 Å². The van der Waals surface area contributed by atoms with Crippen LogP contribution in [0.15, 0.2) is 30.3 Å². The van der Waals surface area contributed by atoms with Gasteiger partial charge in [0.1, 0.15) is 0 Å². The minimum atomic E-state index is 0.717. The molecule has 1 atom stereocenters. The highest BCUT2D eigenvalue weighted by Crippen LogP contribution is 2.13. The molecule has 0 aliphatic carbocycles. The summed E-state index contributed by atoms with van der Waals surface area (Å²) in [5, 5.41) is 3.56. The Morgan fingerprint density at radius 1 is 1.16 bits per heavy atom. The minimum Gasteiger partial charge on any atom is -0.382 e. The van der Waals surface area contributed by atoms with Crippen molar-refractivity contribution in [2.45, 2.75) is 39.5 Å². The molecule has 2 nitrogen and oxygen atoms in total. The maximum Gasteiger partial charge on any atom is 0.0466 e. The molecular weight excluding hydrogens is 234 g/mol. The van der Waals surface area contributed by atoms with Crippen LogP contribution in [0.2, 0.25) is 0 Å². The molecule has 19 heavy (non-hydrogen) atoms. The fourth-order valence-electron chi connectivity index (χ4n) is 2.33. The van der Waals surface area contributed by atoms with Crippen LogP contribution in [0.3, 0.4) is 0 Å². The smallest absolute Gasteiger partial charge is 0.0466 e. The van der Waals surface area contributed by atoms with Crippen molar-refractivity contribution in [1.82, 2.24) is 5.32 Å². The van der Waals surface area contributed by atoms with E-state index in [1.165, 1.54) is 31.2 Å². The molecule has 1 N–H and O–H groups in total. The van der Waals surface area contributed by atoms with Gasteiger partial charge in [-0.1, -0.05) is 37.3 Å². The summed E-state index contributed by atoms with van der Waals surface area (Å²) in [5.74, 6) is 0.717. The summed E-state index contributed by atoms with van der Waals surface area (Å²) in [7, 11) is 0. The number of hydrogen-bond donors (Lipinski definition) is 1. The Kier molecular flexibility index (Phi) is 9.38. The van der Waals surface area contributed by atoms with Crippen molar-refractivity contribution in [3.63, 3.8) is 0 Å². The van der Waals surface area contributed by atoms with Crippen molar-refractivity contribution in [1.29, 1.82) is 0 Å². The summed E-state index contributed by atoms with van der Waals surface area (Å²) >= 11 is 0. The number of nitrogens with one attached hydrogen (secondary N) is 1. The van der Waals surface area contributed by atoms with Crippen LogP contribution in [0.5, 0.6) is 0 Å². The van der Waals surface area contributed by atoms with Crippen molar-refractivity contribution in [2.24, 2.45) is 5.92 Å². The molecule has 0 heterocycles. The number of benzene rings is 1. The Hall–Kier alpha value is -0.860. The van der Waals surface area contributed by atoms with E-state index in [-0.39, 0.29) is 0 Å². The van der Waals surface area contributed by atoms with Crippen LogP contribution in [-0.4, -0.2) is 26.3 Å². The zero-order valence-corrected chi connectivity index (χ0v) is 12.5. The number of rotatable bonds is 11. The molecule has 1 rings (SSSR count). The molecule has 1 aromatic carbocycles. The second kappa shape index (κ2) is 11.0. The van der Waals surface area contributed by atoms with Crippen LogP contribution in [0.4, 0.5) is 0 Å². The highest BCUT2D eigenvalue weighted by molar-refractivity contribution is 5.15. The van der Waals surface area contributed by atoms with Gasteiger partial charge in [0.25, 0.3) is 0 Å². The Morgan fingerprint density at radius 2 is 1.95 bits per heavy atom. The van der Waals surface area contributed by atoms with E-state index in [2.05, 4.69) is 49.5 Å². The van der Waals surface area contributed by atoms with E-state index in [1.807, 2.05) is 0 Å². The van der Waals surface area contributed by atoms with Crippen molar-refractivity contribution >= 4 is 0 Å². The van der Waals surface area contributed by atoms with Gasteiger partial charge in [-0.25, -0.2) is 0 Å². The molecule has 0 spiro atoms. The number of ether oxygens (including phenoxy) is 1. The van der Waals surface area contributed by atoms with Crippen LogP contribution in [0.1, 0.15) is 38.7 Å². The molecule has 0 aliphatic rings. The molecule has 1 unspecified atom stereocenters. The van der Waals surface area contributed by atoms with E-state index < -0.39 is 0 Å². The summed E-state index contributed by atoms with van der Waals surface area (Å²) < 4.78 is 5.44. The topological polar surface area (TPSA) is 21.3 Å². The standard InChI is InChI=1S/C17H29NO/c1-3-12-18-15-17(11-8-13-19-4-2)14-16-9-6-5-7-10-16/h5-7,9-10,17-18H,3-4,8,11-15H2,1-2H3. The minimum absolute atomic E-state index is 0.717. The quantitative estimate of drug-likeness (QED) is 0.615. The average molecular weight is 263 g/mol. The normalized spacial score (nSPS) is 12.5. The van der Waals surface area contributed by atoms with Crippen LogP contribution in [0.25, 0.3) is 0 Å². The molecule has 0 fully saturated rings. The summed E-state index contributed by atoms with van der Waals surface area (Å²) in [5.41, 5.74) is 1.45. The van der Waals surface area contributed by atoms with E-state index in [1.54, 1.807) is 0 Å². The highest BCUT2D eigenvalue weighted by Gasteiger charge is 2.09. The van der Waals surface area contributed by atoms with Crippen LogP contribution >= 0.6 is 0 Å². The van der Waals surface area contributed by atoms with Gasteiger partial charge in [0.15, 0.2) is 0 Å². The van der Waals surface area contributed by atoms with Crippen LogP contribution < -0.4 is 5.32 Å². The van der Waals surface area contributed by atoms with E-state index in [0.717, 1.165) is 32.2 Å². The highest BCUT2D eigenvalue weighted by atomic mass is 16.5. The summed E-state index contributed by atoms with van der Waals surface area (Å²) in [6.07, 6.45) is 4.78. The Morgan fingerprint density at radius 3 is 2.63 bits per heavy atom. The van der Waals surface area contributed by atoms with Gasteiger partial charge in [-0.2, -0.15) is 0 Å². The first-order valence-corrected chi connectivity index (χ1v) is 7.69. The lowest BCUT2D eigenvalue weighted by Gasteiger charge is -2.17. The average Bonchev–Trinajstić information content (AvgIpc) is 2.44. The zero-order chi connectivity index (χ0) is 13.8. The van der Waals surface area contributed by atoms with E-state index in [0.29, 0.717) is 0 Å². The molecule has 0 saturated carbocycles. The zero-order valence-electron chi connectivity index (χ0n) is 12.5. The Bertz CT molecular complexity index is 299. The first-order chi connectivity index (χ1) is 9.36. The van der Waals surface area contributed by atoms with Gasteiger partial charge in [0, 0.05) is 13.2 Å². The van der Waals surface area contributed by atoms with E-state index in [4.69, 9.17) is 4.74 Å². The third-order valence-corrected chi connectivity index (χ3v) is 3.33. The molecule has 2 heteroatoms. The monoisotopic (exact) mass is 263 g/mol. The SMILES string of the molecule is CCCNCC(CCCOCC)Cc1ccccc1. The molecule has 0 radical (unpaired) electrons. The van der Waals surface area contributed by atoms with Crippen molar-refractivity contribution in [2.75, 3.05) is 26.3 Å². The molecule has 0 amide bonds. The van der Waals surface area contributed by atoms with Crippen molar-refractivity contribution < 1.29 is 4.74 Å². The maximum absolute atomic E-state index is 5.44. The molecule has 0 aromatic heterocycles. The molecular formula is C17H29NO. The number of hydrogen-bond acceptors (Lipinski definition) is 2. The van der Waals surface area contributed by atoms with Gasteiger partial charge >= 0.3 is 0 Å². The first-order valence-electron chi connectivity index (χ1n) is 7.69. The predicted molar refractivity (Wildman–Crippen MR) is 82.5 cm³/mol. The van der Waals surface area contributed by atoms with Gasteiger partial charge in [-0.05, 0) is 57.2 Å². The lowest BCUT2D eigenvalue weighted by Crippen LogP contribution is -2.25. The van der Waals surface area contributed by atoms with Gasteiger partial charge in [0.05, 0.1) is 0 Å². The Balaban J connectivity index is 2.35. The van der Waals surface area contributed by atoms with E-state index in [9.17, 15) is 0 Å². The van der Waals surface area contributed by atoms with Gasteiger partial charge in [0.2, 0.25) is 0 Å². The van der Waals surface area contributed by atoms with Crippen LogP contribution in [0, 0.1) is 5.92 Å². The van der Waals surface area contributed by atoms with Crippen molar-refractivity contribution in [3.05, 3.63) is 35.9 Å². The summed E-state index contributed by atoms with van der Waals surface area (Å²) in [6.45, 7) is 8.25. The van der Waals surface area contributed by atoms with Crippen LogP contribution in [-0.2, 0) is 11.2 Å².